The van der Waals surface area contributed by atoms with Gasteiger partial charge in [0.15, 0.2) is 0 Å². The molecule has 1 amide bonds. The molecule has 2 N–H and O–H groups in total. The Balaban J connectivity index is 1.49. The van der Waals surface area contributed by atoms with Gasteiger partial charge in [0, 0.05) is 28.7 Å². The second kappa shape index (κ2) is 8.13. The van der Waals surface area contributed by atoms with E-state index in [1.807, 2.05) is 31.2 Å². The molecule has 2 unspecified atom stereocenters. The normalized spacial score (nSPS) is 23.4. The number of hydrogen-bond acceptors (Lipinski definition) is 4. The van der Waals surface area contributed by atoms with Crippen LogP contribution in [0.1, 0.15) is 50.6 Å². The van der Waals surface area contributed by atoms with E-state index in [1.165, 1.54) is 44.5 Å². The molecule has 2 atom stereocenters. The summed E-state index contributed by atoms with van der Waals surface area (Å²) >= 11 is 0. The van der Waals surface area contributed by atoms with E-state index in [0.29, 0.717) is 12.0 Å². The molecule has 6 nitrogen and oxygen atoms in total. The SMILES string of the molecule is C/C=C/COC(=O)Nc1ccc2n[nH]c(C3CCN4CCCCC4C3)c2c1. The van der Waals surface area contributed by atoms with Crippen LogP contribution in [-0.2, 0) is 4.74 Å². The minimum absolute atomic E-state index is 0.279. The number of fused-ring (bicyclic) bond motifs is 2. The van der Waals surface area contributed by atoms with Gasteiger partial charge in [0.2, 0.25) is 0 Å². The molecule has 0 radical (unpaired) electrons. The third kappa shape index (κ3) is 4.00. The van der Waals surface area contributed by atoms with Crippen LogP contribution in [0.25, 0.3) is 10.9 Å². The molecule has 1 aromatic heterocycles. The molecule has 1 aromatic carbocycles. The van der Waals surface area contributed by atoms with Crippen molar-refractivity contribution in [2.24, 2.45) is 0 Å². The highest BCUT2D eigenvalue weighted by atomic mass is 16.5. The summed E-state index contributed by atoms with van der Waals surface area (Å²) in [5.41, 5.74) is 2.90. The standard InChI is InChI=1S/C21H28N4O2/c1-2-3-12-27-21(26)22-16-7-8-19-18(14-16)20(24-23-19)15-9-11-25-10-5-4-6-17(25)13-15/h2-3,7-8,14-15,17H,4-6,9-13H2,1H3,(H,22,26)(H,23,24)/b3-2+. The first-order chi connectivity index (χ1) is 13.2. The van der Waals surface area contributed by atoms with Crippen molar-refractivity contribution in [3.05, 3.63) is 36.0 Å². The number of nitrogens with zero attached hydrogens (tertiary/aromatic N) is 2. The van der Waals surface area contributed by atoms with Gasteiger partial charge >= 0.3 is 6.09 Å². The number of nitrogens with one attached hydrogen (secondary N) is 2. The first-order valence-electron chi connectivity index (χ1n) is 10.0. The van der Waals surface area contributed by atoms with Crippen molar-refractivity contribution in [1.29, 1.82) is 0 Å². The molecule has 27 heavy (non-hydrogen) atoms. The van der Waals surface area contributed by atoms with Gasteiger partial charge in [-0.1, -0.05) is 18.6 Å². The lowest BCUT2D eigenvalue weighted by Gasteiger charge is -2.42. The zero-order chi connectivity index (χ0) is 18.6. The van der Waals surface area contributed by atoms with Gasteiger partial charge in [-0.15, -0.1) is 0 Å². The summed E-state index contributed by atoms with van der Waals surface area (Å²) in [6.45, 7) is 4.60. The fourth-order valence-electron chi connectivity index (χ4n) is 4.44. The van der Waals surface area contributed by atoms with Gasteiger partial charge in [0.05, 0.1) is 5.52 Å². The third-order valence-electron chi connectivity index (χ3n) is 5.85. The zero-order valence-electron chi connectivity index (χ0n) is 15.9. The molecule has 2 saturated heterocycles. The number of hydrogen-bond donors (Lipinski definition) is 2. The Morgan fingerprint density at radius 3 is 3.19 bits per heavy atom. The topological polar surface area (TPSA) is 70.2 Å². The molecule has 3 heterocycles. The van der Waals surface area contributed by atoms with Crippen molar-refractivity contribution in [3.8, 4) is 0 Å². The maximum Gasteiger partial charge on any atom is 0.411 e. The molecule has 2 aromatic rings. The number of piperidine rings is 2. The van der Waals surface area contributed by atoms with Crippen molar-refractivity contribution in [2.45, 2.75) is 51.0 Å². The van der Waals surface area contributed by atoms with E-state index in [-0.39, 0.29) is 6.61 Å². The maximum absolute atomic E-state index is 11.9. The second-order valence-electron chi connectivity index (χ2n) is 7.57. The van der Waals surface area contributed by atoms with E-state index in [2.05, 4.69) is 20.4 Å². The van der Waals surface area contributed by atoms with E-state index in [0.717, 1.165) is 23.0 Å². The number of rotatable bonds is 4. The second-order valence-corrected chi connectivity index (χ2v) is 7.57. The molecule has 6 heteroatoms. The molecular weight excluding hydrogens is 340 g/mol. The van der Waals surface area contributed by atoms with Crippen molar-refractivity contribution < 1.29 is 9.53 Å². The van der Waals surface area contributed by atoms with Crippen LogP contribution in [0.2, 0.25) is 0 Å². The minimum atomic E-state index is -0.437. The highest BCUT2D eigenvalue weighted by Crippen LogP contribution is 2.37. The fraction of sp³-hybridized carbons (Fsp3) is 0.524. The number of anilines is 1. The number of aromatic amines is 1. The summed E-state index contributed by atoms with van der Waals surface area (Å²) in [6, 6.07) is 6.54. The Kier molecular flexibility index (Phi) is 5.43. The molecule has 0 bridgehead atoms. The van der Waals surface area contributed by atoms with Gasteiger partial charge in [0.1, 0.15) is 6.61 Å². The summed E-state index contributed by atoms with van der Waals surface area (Å²) < 4.78 is 5.12. The predicted octanol–water partition coefficient (Wildman–Crippen LogP) is 4.42. The number of allylic oxidation sites excluding steroid dienone is 1. The van der Waals surface area contributed by atoms with Crippen LogP contribution in [0.15, 0.2) is 30.4 Å². The summed E-state index contributed by atoms with van der Waals surface area (Å²) in [5.74, 6) is 0.506. The Morgan fingerprint density at radius 2 is 2.30 bits per heavy atom. The fourth-order valence-corrected chi connectivity index (χ4v) is 4.44. The Morgan fingerprint density at radius 1 is 1.37 bits per heavy atom. The van der Waals surface area contributed by atoms with Gasteiger partial charge < -0.3 is 9.64 Å². The predicted molar refractivity (Wildman–Crippen MR) is 107 cm³/mol. The van der Waals surface area contributed by atoms with Crippen LogP contribution >= 0.6 is 0 Å². The van der Waals surface area contributed by atoms with Crippen LogP contribution in [0.3, 0.4) is 0 Å². The molecule has 144 valence electrons. The van der Waals surface area contributed by atoms with E-state index in [4.69, 9.17) is 4.74 Å². The van der Waals surface area contributed by atoms with Crippen LogP contribution in [0.4, 0.5) is 10.5 Å². The maximum atomic E-state index is 11.9. The average Bonchev–Trinajstić information content (AvgIpc) is 3.11. The highest BCUT2D eigenvalue weighted by molar-refractivity contribution is 5.91. The molecule has 0 aliphatic carbocycles. The number of amides is 1. The van der Waals surface area contributed by atoms with E-state index >= 15 is 0 Å². The number of aromatic nitrogens is 2. The lowest BCUT2D eigenvalue weighted by atomic mass is 9.83. The van der Waals surface area contributed by atoms with E-state index in [1.54, 1.807) is 6.08 Å². The van der Waals surface area contributed by atoms with Crippen molar-refractivity contribution in [3.63, 3.8) is 0 Å². The number of carbonyl (C=O) groups excluding carboxylic acids is 1. The first-order valence-corrected chi connectivity index (χ1v) is 10.0. The van der Waals surface area contributed by atoms with Gasteiger partial charge in [-0.05, 0) is 63.9 Å². The Labute approximate surface area is 160 Å². The number of benzene rings is 1. The quantitative estimate of drug-likeness (QED) is 0.784. The third-order valence-corrected chi connectivity index (χ3v) is 5.85. The molecule has 4 rings (SSSR count). The molecule has 2 fully saturated rings. The lowest BCUT2D eigenvalue weighted by Crippen LogP contribution is -2.44. The van der Waals surface area contributed by atoms with Crippen LogP contribution < -0.4 is 5.32 Å². The number of ether oxygens (including phenoxy) is 1. The van der Waals surface area contributed by atoms with Crippen molar-refractivity contribution in [1.82, 2.24) is 15.1 Å². The van der Waals surface area contributed by atoms with Gasteiger partial charge in [-0.25, -0.2) is 4.79 Å². The van der Waals surface area contributed by atoms with Crippen LogP contribution in [0.5, 0.6) is 0 Å². The smallest absolute Gasteiger partial charge is 0.411 e. The van der Waals surface area contributed by atoms with Crippen LogP contribution in [0, 0.1) is 0 Å². The Hall–Kier alpha value is -2.34. The van der Waals surface area contributed by atoms with E-state index in [9.17, 15) is 4.79 Å². The largest absolute Gasteiger partial charge is 0.445 e. The monoisotopic (exact) mass is 368 g/mol. The van der Waals surface area contributed by atoms with Crippen molar-refractivity contribution in [2.75, 3.05) is 25.0 Å². The van der Waals surface area contributed by atoms with Crippen molar-refractivity contribution >= 4 is 22.7 Å². The molecule has 2 aliphatic rings. The molecular formula is C21H28N4O2. The summed E-state index contributed by atoms with van der Waals surface area (Å²) in [5, 5.41) is 11.7. The zero-order valence-corrected chi connectivity index (χ0v) is 15.9. The van der Waals surface area contributed by atoms with E-state index < -0.39 is 6.09 Å². The lowest BCUT2D eigenvalue weighted by molar-refractivity contribution is 0.0968. The molecule has 0 spiro atoms. The van der Waals surface area contributed by atoms with Crippen LogP contribution in [-0.4, -0.2) is 46.9 Å². The number of carbonyl (C=O) groups is 1. The minimum Gasteiger partial charge on any atom is -0.445 e. The first kappa shape index (κ1) is 18.0. The van der Waals surface area contributed by atoms with Gasteiger partial charge in [-0.2, -0.15) is 5.10 Å². The summed E-state index contributed by atoms with van der Waals surface area (Å²) in [7, 11) is 0. The molecule has 0 saturated carbocycles. The molecule has 2 aliphatic heterocycles. The Bertz CT molecular complexity index is 829. The average molecular weight is 368 g/mol. The summed E-state index contributed by atoms with van der Waals surface area (Å²) in [6.07, 6.45) is 9.58. The highest BCUT2D eigenvalue weighted by Gasteiger charge is 2.32. The summed E-state index contributed by atoms with van der Waals surface area (Å²) in [4.78, 5) is 14.6. The van der Waals surface area contributed by atoms with Gasteiger partial charge in [0.25, 0.3) is 0 Å². The van der Waals surface area contributed by atoms with Gasteiger partial charge in [-0.3, -0.25) is 10.4 Å². The number of H-pyrrole nitrogens is 1.